The molecule has 0 amide bonds. The van der Waals surface area contributed by atoms with Crippen LogP contribution in [0.4, 0.5) is 0 Å². The molecule has 0 saturated carbocycles. The molecule has 3 heterocycles. The van der Waals surface area contributed by atoms with Gasteiger partial charge in [-0.25, -0.2) is 0 Å². The van der Waals surface area contributed by atoms with Gasteiger partial charge in [0.1, 0.15) is 23.8 Å². The van der Waals surface area contributed by atoms with Crippen LogP contribution in [0.15, 0.2) is 34.4 Å². The average molecular weight is 354 g/mol. The second kappa shape index (κ2) is 6.65. The fourth-order valence-electron chi connectivity index (χ4n) is 3.87. The van der Waals surface area contributed by atoms with E-state index in [4.69, 9.17) is 9.15 Å². The highest BCUT2D eigenvalue weighted by molar-refractivity contribution is 6.14. The van der Waals surface area contributed by atoms with E-state index in [1.165, 1.54) is 24.2 Å². The normalized spacial score (nSPS) is 23.9. The number of quaternary nitrogens is 1. The number of allylic oxidation sites excluding steroid dienone is 1. The molecule has 2 aliphatic rings. The summed E-state index contributed by atoms with van der Waals surface area (Å²) < 4.78 is 11.4. The topological polar surface area (TPSA) is 64.1 Å². The lowest BCUT2D eigenvalue weighted by Crippen LogP contribution is -3.14. The van der Waals surface area contributed by atoms with Gasteiger partial charge in [0.05, 0.1) is 23.7 Å². The molecule has 5 heteroatoms. The summed E-state index contributed by atoms with van der Waals surface area (Å²) in [5, 5.41) is 10.4. The minimum atomic E-state index is -0.169. The highest BCUT2D eigenvalue weighted by Crippen LogP contribution is 2.39. The Bertz CT molecular complexity index is 880. The number of carbonyl (C=O) groups excluding carboxylic acids is 1. The molecule has 1 aromatic carbocycles. The van der Waals surface area contributed by atoms with Crippen molar-refractivity contribution in [2.75, 3.05) is 6.54 Å². The first-order valence-electron chi connectivity index (χ1n) is 9.23. The van der Waals surface area contributed by atoms with Crippen molar-refractivity contribution in [1.29, 1.82) is 0 Å². The number of hydrogen-bond acceptors (Lipinski definition) is 4. The molecule has 0 radical (unpaired) electrons. The van der Waals surface area contributed by atoms with Crippen molar-refractivity contribution in [3.05, 3.63) is 52.7 Å². The lowest BCUT2D eigenvalue weighted by Gasteiger charge is -2.30. The van der Waals surface area contributed by atoms with E-state index < -0.39 is 0 Å². The number of aromatic hydroxyl groups is 1. The summed E-state index contributed by atoms with van der Waals surface area (Å²) in [4.78, 5) is 14.1. The van der Waals surface area contributed by atoms with Gasteiger partial charge in [0.15, 0.2) is 11.5 Å². The molecule has 2 aliphatic heterocycles. The SMILES string of the molecule is Cc1ccc(/C=C2\Oc3c(ccc(O)c3C[NH+]3CCCC[C@H]3C)C2=O)o1. The first-order valence-corrected chi connectivity index (χ1v) is 9.23. The molecule has 1 aromatic heterocycles. The molecular weight excluding hydrogens is 330 g/mol. The third kappa shape index (κ3) is 3.03. The van der Waals surface area contributed by atoms with E-state index >= 15 is 0 Å². The molecule has 0 aliphatic carbocycles. The number of fused-ring (bicyclic) bond motifs is 1. The lowest BCUT2D eigenvalue weighted by atomic mass is 10.0. The zero-order valence-electron chi connectivity index (χ0n) is 15.2. The van der Waals surface area contributed by atoms with Crippen LogP contribution < -0.4 is 9.64 Å². The number of likely N-dealkylation sites (tertiary alicyclic amines) is 1. The molecule has 1 fully saturated rings. The van der Waals surface area contributed by atoms with Gasteiger partial charge in [-0.2, -0.15) is 0 Å². The number of phenols is 1. The number of hydrogen-bond donors (Lipinski definition) is 2. The summed E-state index contributed by atoms with van der Waals surface area (Å²) in [6.07, 6.45) is 5.26. The predicted octanol–water partition coefficient (Wildman–Crippen LogP) is 2.87. The van der Waals surface area contributed by atoms with Crippen LogP contribution in [0.1, 0.15) is 53.6 Å². The van der Waals surface area contributed by atoms with E-state index in [1.54, 1.807) is 24.3 Å². The van der Waals surface area contributed by atoms with E-state index in [0.717, 1.165) is 17.9 Å². The smallest absolute Gasteiger partial charge is 0.232 e. The van der Waals surface area contributed by atoms with Gasteiger partial charge < -0.3 is 19.2 Å². The van der Waals surface area contributed by atoms with Crippen LogP contribution in [0.3, 0.4) is 0 Å². The Morgan fingerprint density at radius 1 is 1.27 bits per heavy atom. The Kier molecular flexibility index (Phi) is 4.32. The van der Waals surface area contributed by atoms with Crippen molar-refractivity contribution in [3.8, 4) is 11.5 Å². The standard InChI is InChI=1S/C21H23NO4/c1-13-5-3-4-10-22(13)12-17-18(23)9-8-16-20(24)19(26-21(16)17)11-15-7-6-14(2)25-15/h6-9,11,13,23H,3-5,10,12H2,1-2H3/p+1/b19-11-/t13-/m1/s1. The Balaban J connectivity index is 1.66. The van der Waals surface area contributed by atoms with Gasteiger partial charge in [-0.3, -0.25) is 4.79 Å². The molecule has 0 bridgehead atoms. The van der Waals surface area contributed by atoms with E-state index in [2.05, 4.69) is 6.92 Å². The second-order valence-electron chi connectivity index (χ2n) is 7.31. The highest BCUT2D eigenvalue weighted by Gasteiger charge is 2.34. The maximum Gasteiger partial charge on any atom is 0.232 e. The second-order valence-corrected chi connectivity index (χ2v) is 7.31. The number of ketones is 1. The third-order valence-corrected chi connectivity index (χ3v) is 5.44. The summed E-state index contributed by atoms with van der Waals surface area (Å²) in [6, 6.07) is 7.43. The number of furan rings is 1. The maximum atomic E-state index is 12.7. The summed E-state index contributed by atoms with van der Waals surface area (Å²) in [5.74, 6) is 2.12. The highest BCUT2D eigenvalue weighted by atomic mass is 16.5. The number of ether oxygens (including phenoxy) is 1. The van der Waals surface area contributed by atoms with E-state index in [1.807, 2.05) is 13.0 Å². The Hall–Kier alpha value is -2.53. The quantitative estimate of drug-likeness (QED) is 0.832. The van der Waals surface area contributed by atoms with Gasteiger partial charge in [0.25, 0.3) is 0 Å². The van der Waals surface area contributed by atoms with Crippen LogP contribution in [-0.2, 0) is 6.54 Å². The average Bonchev–Trinajstić information content (AvgIpc) is 3.16. The zero-order chi connectivity index (χ0) is 18.3. The first kappa shape index (κ1) is 16.9. The molecule has 5 nitrogen and oxygen atoms in total. The summed E-state index contributed by atoms with van der Waals surface area (Å²) >= 11 is 0. The fraction of sp³-hybridized carbons (Fsp3) is 0.381. The Labute approximate surface area is 152 Å². The number of nitrogens with one attached hydrogen (secondary N) is 1. The van der Waals surface area contributed by atoms with Gasteiger partial charge in [0.2, 0.25) is 5.78 Å². The summed E-state index contributed by atoms with van der Waals surface area (Å²) in [6.45, 7) is 5.83. The Morgan fingerprint density at radius 2 is 2.12 bits per heavy atom. The molecule has 1 unspecified atom stereocenters. The Morgan fingerprint density at radius 3 is 2.85 bits per heavy atom. The molecule has 0 spiro atoms. The molecule has 4 rings (SSSR count). The van der Waals surface area contributed by atoms with Gasteiger partial charge in [-0.1, -0.05) is 0 Å². The van der Waals surface area contributed by atoms with Crippen LogP contribution in [-0.4, -0.2) is 23.5 Å². The first-order chi connectivity index (χ1) is 12.5. The predicted molar refractivity (Wildman–Crippen MR) is 97.3 cm³/mol. The summed E-state index contributed by atoms with van der Waals surface area (Å²) in [7, 11) is 0. The zero-order valence-corrected chi connectivity index (χ0v) is 15.2. The number of carbonyl (C=O) groups is 1. The molecule has 2 N–H and O–H groups in total. The largest absolute Gasteiger partial charge is 0.507 e. The van der Waals surface area contributed by atoms with E-state index in [-0.39, 0.29) is 17.3 Å². The number of piperidine rings is 1. The van der Waals surface area contributed by atoms with Gasteiger partial charge in [-0.15, -0.1) is 0 Å². The van der Waals surface area contributed by atoms with Crippen LogP contribution in [0, 0.1) is 6.92 Å². The molecule has 2 aromatic rings. The number of benzene rings is 1. The maximum absolute atomic E-state index is 12.7. The number of rotatable bonds is 3. The monoisotopic (exact) mass is 354 g/mol. The molecule has 1 saturated heterocycles. The van der Waals surface area contributed by atoms with Crippen molar-refractivity contribution in [3.63, 3.8) is 0 Å². The molecular formula is C21H24NO4+. The minimum Gasteiger partial charge on any atom is -0.507 e. The number of phenolic OH excluding ortho intramolecular Hbond substituents is 1. The minimum absolute atomic E-state index is 0.169. The van der Waals surface area contributed by atoms with E-state index in [9.17, 15) is 9.90 Å². The van der Waals surface area contributed by atoms with Crippen LogP contribution >= 0.6 is 0 Å². The van der Waals surface area contributed by atoms with Crippen molar-refractivity contribution < 1.29 is 24.0 Å². The van der Waals surface area contributed by atoms with Gasteiger partial charge in [0, 0.05) is 6.08 Å². The van der Waals surface area contributed by atoms with Crippen LogP contribution in [0.5, 0.6) is 11.5 Å². The molecule has 26 heavy (non-hydrogen) atoms. The summed E-state index contributed by atoms with van der Waals surface area (Å²) in [5.41, 5.74) is 1.23. The third-order valence-electron chi connectivity index (χ3n) is 5.44. The van der Waals surface area contributed by atoms with Crippen LogP contribution in [0.2, 0.25) is 0 Å². The van der Waals surface area contributed by atoms with Crippen molar-refractivity contribution in [1.82, 2.24) is 0 Å². The molecule has 136 valence electrons. The van der Waals surface area contributed by atoms with Crippen molar-refractivity contribution in [2.45, 2.75) is 45.7 Å². The van der Waals surface area contributed by atoms with Gasteiger partial charge in [-0.05, 0) is 57.4 Å². The van der Waals surface area contributed by atoms with Crippen molar-refractivity contribution in [2.24, 2.45) is 0 Å². The molecule has 2 atom stereocenters. The van der Waals surface area contributed by atoms with Crippen molar-refractivity contribution >= 4 is 11.9 Å². The fourth-order valence-corrected chi connectivity index (χ4v) is 3.87. The number of aryl methyl sites for hydroxylation is 1. The van der Waals surface area contributed by atoms with Crippen LogP contribution in [0.25, 0.3) is 6.08 Å². The number of Topliss-reactive ketones (excluding diaryl/α,β-unsaturated/α-hetero) is 1. The van der Waals surface area contributed by atoms with Gasteiger partial charge >= 0.3 is 0 Å². The van der Waals surface area contributed by atoms with E-state index in [0.29, 0.717) is 29.7 Å². The lowest BCUT2D eigenvalue weighted by molar-refractivity contribution is -0.941.